The summed E-state index contributed by atoms with van der Waals surface area (Å²) in [5.41, 5.74) is 2.16. The highest BCUT2D eigenvalue weighted by molar-refractivity contribution is 6.14. The molecule has 0 radical (unpaired) electrons. The molecule has 4 rings (SSSR count). The summed E-state index contributed by atoms with van der Waals surface area (Å²) in [6.07, 6.45) is 0. The van der Waals surface area contributed by atoms with Gasteiger partial charge in [-0.25, -0.2) is 4.79 Å². The van der Waals surface area contributed by atoms with E-state index in [-0.39, 0.29) is 46.3 Å². The summed E-state index contributed by atoms with van der Waals surface area (Å²) in [5.74, 6) is -2.44. The van der Waals surface area contributed by atoms with Gasteiger partial charge in [0.2, 0.25) is 5.91 Å². The third-order valence-corrected chi connectivity index (χ3v) is 5.51. The van der Waals surface area contributed by atoms with Crippen molar-refractivity contribution in [3.05, 3.63) is 71.4 Å². The smallest absolute Gasteiger partial charge is 0.337 e. The number of nitriles is 1. The van der Waals surface area contributed by atoms with Crippen molar-refractivity contribution in [3.8, 4) is 17.2 Å². The fourth-order valence-corrected chi connectivity index (χ4v) is 3.83. The standard InChI is InChI=1S/C27H21N5O6/c1-14(33)13-29-23-11-24-20(10-18(23)17-5-3-4-6-21(17)30-15(2)34)25(32-38-24)26(35)31-22-8-7-16(12-28)9-19(22)27(36)37/h3-11,29H,13H2,1-2H3,(H,30,34)(H,31,35)(H,36,37). The second kappa shape index (κ2) is 10.6. The van der Waals surface area contributed by atoms with Crippen LogP contribution in [0.15, 0.2) is 59.1 Å². The van der Waals surface area contributed by atoms with Gasteiger partial charge in [-0.15, -0.1) is 0 Å². The number of Topliss-reactive ketones (excluding diaryl/α,β-unsaturated/α-hetero) is 1. The molecular formula is C27H21N5O6. The number of hydrogen-bond acceptors (Lipinski definition) is 8. The van der Waals surface area contributed by atoms with Crippen LogP contribution in [-0.4, -0.2) is 40.4 Å². The first-order chi connectivity index (χ1) is 18.2. The fourth-order valence-electron chi connectivity index (χ4n) is 3.83. The van der Waals surface area contributed by atoms with Crippen molar-refractivity contribution in [2.75, 3.05) is 22.5 Å². The number of aromatic carboxylic acids is 1. The van der Waals surface area contributed by atoms with Gasteiger partial charge in [-0.1, -0.05) is 23.4 Å². The zero-order valence-corrected chi connectivity index (χ0v) is 20.3. The largest absolute Gasteiger partial charge is 0.478 e. The van der Waals surface area contributed by atoms with Gasteiger partial charge in [0.1, 0.15) is 5.78 Å². The van der Waals surface area contributed by atoms with Gasteiger partial charge in [-0.05, 0) is 37.3 Å². The van der Waals surface area contributed by atoms with Crippen LogP contribution in [-0.2, 0) is 9.59 Å². The SMILES string of the molecule is CC(=O)CNc1cc2onc(C(=O)Nc3ccc(C#N)cc3C(=O)O)c2cc1-c1ccccc1NC(C)=O. The van der Waals surface area contributed by atoms with Gasteiger partial charge in [0.05, 0.1) is 34.8 Å². The van der Waals surface area contributed by atoms with E-state index in [9.17, 15) is 24.3 Å². The lowest BCUT2D eigenvalue weighted by atomic mass is 9.98. The number of carboxylic acid groups (broad SMARTS) is 1. The highest BCUT2D eigenvalue weighted by atomic mass is 16.5. The van der Waals surface area contributed by atoms with Crippen LogP contribution in [0.3, 0.4) is 0 Å². The molecule has 3 aromatic carbocycles. The Morgan fingerprint density at radius 2 is 1.71 bits per heavy atom. The fraction of sp³-hybridized carbons (Fsp3) is 0.111. The predicted molar refractivity (Wildman–Crippen MR) is 139 cm³/mol. The molecule has 0 aliphatic carbocycles. The van der Waals surface area contributed by atoms with Crippen LogP contribution in [0.1, 0.15) is 40.3 Å². The van der Waals surface area contributed by atoms with Crippen LogP contribution in [0.5, 0.6) is 0 Å². The zero-order valence-electron chi connectivity index (χ0n) is 20.3. The van der Waals surface area contributed by atoms with E-state index in [1.54, 1.807) is 36.4 Å². The molecule has 1 heterocycles. The van der Waals surface area contributed by atoms with Gasteiger partial charge >= 0.3 is 5.97 Å². The Morgan fingerprint density at radius 1 is 0.947 bits per heavy atom. The molecule has 38 heavy (non-hydrogen) atoms. The van der Waals surface area contributed by atoms with Crippen molar-refractivity contribution in [1.82, 2.24) is 5.16 Å². The van der Waals surface area contributed by atoms with E-state index < -0.39 is 11.9 Å². The molecule has 0 saturated carbocycles. The van der Waals surface area contributed by atoms with Gasteiger partial charge in [0, 0.05) is 35.5 Å². The molecule has 0 aliphatic rings. The molecule has 0 spiro atoms. The first kappa shape index (κ1) is 25.6. The molecule has 0 unspecified atom stereocenters. The number of amides is 2. The van der Waals surface area contributed by atoms with Gasteiger partial charge in [-0.2, -0.15) is 5.26 Å². The second-order valence-electron chi connectivity index (χ2n) is 8.34. The molecule has 11 nitrogen and oxygen atoms in total. The molecule has 0 saturated heterocycles. The molecular weight excluding hydrogens is 490 g/mol. The van der Waals surface area contributed by atoms with Crippen molar-refractivity contribution < 1.29 is 28.8 Å². The molecule has 2 amide bonds. The Kier molecular flexibility index (Phi) is 7.16. The van der Waals surface area contributed by atoms with Gasteiger partial charge in [0.25, 0.3) is 5.91 Å². The van der Waals surface area contributed by atoms with E-state index in [1.807, 2.05) is 6.07 Å². The highest BCUT2D eigenvalue weighted by Gasteiger charge is 2.22. The number of carbonyl (C=O) groups is 4. The van der Waals surface area contributed by atoms with Crippen molar-refractivity contribution in [3.63, 3.8) is 0 Å². The highest BCUT2D eigenvalue weighted by Crippen LogP contribution is 2.38. The Morgan fingerprint density at radius 3 is 2.39 bits per heavy atom. The quantitative estimate of drug-likeness (QED) is 0.269. The van der Waals surface area contributed by atoms with Crippen LogP contribution < -0.4 is 16.0 Å². The summed E-state index contributed by atoms with van der Waals surface area (Å²) in [7, 11) is 0. The molecule has 0 aliphatic heterocycles. The monoisotopic (exact) mass is 511 g/mol. The number of fused-ring (bicyclic) bond motifs is 1. The number of nitrogens with zero attached hydrogens (tertiary/aromatic N) is 2. The average Bonchev–Trinajstić information content (AvgIpc) is 3.30. The summed E-state index contributed by atoms with van der Waals surface area (Å²) in [5, 5.41) is 31.1. The van der Waals surface area contributed by atoms with Crippen LogP contribution in [0.4, 0.5) is 17.1 Å². The molecule has 0 bridgehead atoms. The maximum absolute atomic E-state index is 13.2. The van der Waals surface area contributed by atoms with Crippen molar-refractivity contribution >= 4 is 51.6 Å². The minimum absolute atomic E-state index is 0.0198. The number of aromatic nitrogens is 1. The van der Waals surface area contributed by atoms with Crippen molar-refractivity contribution in [2.45, 2.75) is 13.8 Å². The minimum atomic E-state index is -1.32. The maximum atomic E-state index is 13.2. The van der Waals surface area contributed by atoms with E-state index in [4.69, 9.17) is 9.78 Å². The van der Waals surface area contributed by atoms with Gasteiger partial charge in [0.15, 0.2) is 11.3 Å². The summed E-state index contributed by atoms with van der Waals surface area (Å²) < 4.78 is 5.39. The molecule has 0 atom stereocenters. The Balaban J connectivity index is 1.82. The summed E-state index contributed by atoms with van der Waals surface area (Å²) in [6, 6.07) is 16.0. The van der Waals surface area contributed by atoms with Crippen molar-refractivity contribution in [2.24, 2.45) is 0 Å². The summed E-state index contributed by atoms with van der Waals surface area (Å²) in [6.45, 7) is 2.84. The number of carbonyl (C=O) groups excluding carboxylic acids is 3. The Labute approximate surface area is 216 Å². The number of rotatable bonds is 8. The van der Waals surface area contributed by atoms with Crippen LogP contribution >= 0.6 is 0 Å². The number of para-hydroxylation sites is 1. The minimum Gasteiger partial charge on any atom is -0.478 e. The topological polar surface area (TPSA) is 174 Å². The van der Waals surface area contributed by atoms with Gasteiger partial charge < -0.3 is 25.6 Å². The van der Waals surface area contributed by atoms with E-state index in [0.29, 0.717) is 27.9 Å². The summed E-state index contributed by atoms with van der Waals surface area (Å²) >= 11 is 0. The van der Waals surface area contributed by atoms with Gasteiger partial charge in [-0.3, -0.25) is 14.4 Å². The zero-order chi connectivity index (χ0) is 27.4. The molecule has 4 aromatic rings. The second-order valence-corrected chi connectivity index (χ2v) is 8.34. The molecule has 0 fully saturated rings. The number of carboxylic acids is 1. The predicted octanol–water partition coefficient (Wildman–Crippen LogP) is 4.28. The number of hydrogen-bond donors (Lipinski definition) is 4. The maximum Gasteiger partial charge on any atom is 0.337 e. The Bertz CT molecular complexity index is 1650. The van der Waals surface area contributed by atoms with Crippen LogP contribution in [0.25, 0.3) is 22.1 Å². The number of ketones is 1. The van der Waals surface area contributed by atoms with Crippen LogP contribution in [0.2, 0.25) is 0 Å². The normalized spacial score (nSPS) is 10.4. The summed E-state index contributed by atoms with van der Waals surface area (Å²) in [4.78, 5) is 48.3. The van der Waals surface area contributed by atoms with Crippen molar-refractivity contribution in [1.29, 1.82) is 5.26 Å². The average molecular weight is 511 g/mol. The number of benzene rings is 3. The van der Waals surface area contributed by atoms with E-state index in [1.165, 1.54) is 26.0 Å². The third-order valence-electron chi connectivity index (χ3n) is 5.51. The molecule has 1 aromatic heterocycles. The lowest BCUT2D eigenvalue weighted by Crippen LogP contribution is -2.15. The molecule has 190 valence electrons. The first-order valence-corrected chi connectivity index (χ1v) is 11.3. The third kappa shape index (κ3) is 5.34. The first-order valence-electron chi connectivity index (χ1n) is 11.3. The number of anilines is 3. The Hall–Kier alpha value is -5.50. The number of nitrogens with one attached hydrogen (secondary N) is 3. The van der Waals surface area contributed by atoms with E-state index in [2.05, 4.69) is 21.1 Å². The molecule has 4 N–H and O–H groups in total. The molecule has 11 heteroatoms. The van der Waals surface area contributed by atoms with E-state index in [0.717, 1.165) is 6.07 Å². The van der Waals surface area contributed by atoms with Crippen LogP contribution in [0, 0.1) is 11.3 Å². The lowest BCUT2D eigenvalue weighted by Gasteiger charge is -2.15. The van der Waals surface area contributed by atoms with E-state index >= 15 is 0 Å². The lowest BCUT2D eigenvalue weighted by molar-refractivity contribution is -0.115.